The topological polar surface area (TPSA) is 19.0 Å². The van der Waals surface area contributed by atoms with Crippen molar-refractivity contribution in [2.45, 2.75) is 26.1 Å². The molecule has 4 heteroatoms. The number of hydrazine groups is 1. The average molecular weight is 361 g/mol. The molecular weight excluding hydrogens is 334 g/mol. The minimum atomic E-state index is 0.0496. The Morgan fingerprint density at radius 1 is 0.926 bits per heavy atom. The molecule has 4 nitrogen and oxygen atoms in total. The summed E-state index contributed by atoms with van der Waals surface area (Å²) < 4.78 is 5.66. The highest BCUT2D eigenvalue weighted by Crippen LogP contribution is 2.54. The minimum Gasteiger partial charge on any atom is -0.379 e. The third-order valence-corrected chi connectivity index (χ3v) is 6.22. The van der Waals surface area contributed by atoms with Crippen molar-refractivity contribution in [3.63, 3.8) is 0 Å². The summed E-state index contributed by atoms with van der Waals surface area (Å²) in [5.41, 5.74) is 4.05. The molecule has 3 aliphatic rings. The lowest BCUT2D eigenvalue weighted by molar-refractivity contribution is -0.00653. The monoisotopic (exact) mass is 361 g/mol. The molecule has 0 N–H and O–H groups in total. The molecule has 140 valence electrons. The molecule has 2 saturated heterocycles. The number of fused-ring (bicyclic) bond motifs is 3. The van der Waals surface area contributed by atoms with E-state index in [9.17, 15) is 0 Å². The van der Waals surface area contributed by atoms with Gasteiger partial charge in [-0.25, -0.2) is 0 Å². The van der Waals surface area contributed by atoms with Crippen LogP contribution < -0.4 is 5.01 Å². The van der Waals surface area contributed by atoms with Gasteiger partial charge in [0.15, 0.2) is 0 Å². The van der Waals surface area contributed by atoms with E-state index in [1.165, 1.54) is 16.8 Å². The Bertz CT molecular complexity index is 842. The van der Waals surface area contributed by atoms with Crippen LogP contribution in [0.1, 0.15) is 31.0 Å². The van der Waals surface area contributed by atoms with Crippen molar-refractivity contribution >= 4 is 11.8 Å². The number of para-hydroxylation sites is 1. The number of hydrogen-bond donors (Lipinski definition) is 0. The molecule has 0 bridgehead atoms. The number of rotatable bonds is 2. The fourth-order valence-corrected chi connectivity index (χ4v) is 5.12. The maximum absolute atomic E-state index is 5.66. The fourth-order valence-electron chi connectivity index (χ4n) is 5.12. The normalized spacial score (nSPS) is 26.7. The number of anilines is 1. The minimum absolute atomic E-state index is 0.0496. The summed E-state index contributed by atoms with van der Waals surface area (Å²) in [5.74, 6) is 0. The number of ether oxygens (including phenoxy) is 1. The first-order valence-corrected chi connectivity index (χ1v) is 9.89. The van der Waals surface area contributed by atoms with E-state index in [1.54, 1.807) is 0 Å². The third-order valence-electron chi connectivity index (χ3n) is 6.22. The lowest BCUT2D eigenvalue weighted by Gasteiger charge is -2.43. The van der Waals surface area contributed by atoms with E-state index in [4.69, 9.17) is 4.74 Å². The van der Waals surface area contributed by atoms with Crippen LogP contribution >= 0.6 is 0 Å². The summed E-state index contributed by atoms with van der Waals surface area (Å²) in [4.78, 5) is 2.60. The maximum Gasteiger partial charge on any atom is 0.110 e. The smallest absolute Gasteiger partial charge is 0.110 e. The average Bonchev–Trinajstić information content (AvgIpc) is 2.96. The van der Waals surface area contributed by atoms with Gasteiger partial charge in [-0.15, -0.1) is 0 Å². The summed E-state index contributed by atoms with van der Waals surface area (Å²) in [6, 6.07) is 19.9. The molecule has 0 aromatic heterocycles. The van der Waals surface area contributed by atoms with E-state index < -0.39 is 0 Å². The van der Waals surface area contributed by atoms with Gasteiger partial charge in [0.05, 0.1) is 24.9 Å². The molecule has 0 spiro atoms. The van der Waals surface area contributed by atoms with Crippen molar-refractivity contribution in [1.29, 1.82) is 0 Å². The maximum atomic E-state index is 5.66. The summed E-state index contributed by atoms with van der Waals surface area (Å²) >= 11 is 0. The zero-order valence-corrected chi connectivity index (χ0v) is 16.1. The Kier molecular flexibility index (Phi) is 3.99. The standard InChI is InChI=1S/C23H27N3O/c1-23(2)21-20-11-7-6-8-18(20)12-13-25(21)26(19-9-4-3-5-10-19)22(23)24-14-16-27-17-15-24/h3-13,21-22H,14-17H2,1-2H3/t21-,22-/m0/s1. The highest BCUT2D eigenvalue weighted by molar-refractivity contribution is 5.61. The van der Waals surface area contributed by atoms with Gasteiger partial charge in [-0.2, -0.15) is 0 Å². The van der Waals surface area contributed by atoms with Gasteiger partial charge in [0.2, 0.25) is 0 Å². The molecule has 27 heavy (non-hydrogen) atoms. The first kappa shape index (κ1) is 16.8. The van der Waals surface area contributed by atoms with Gasteiger partial charge < -0.3 is 4.74 Å². The van der Waals surface area contributed by atoms with Crippen LogP contribution in [-0.4, -0.2) is 42.4 Å². The molecule has 0 amide bonds. The van der Waals surface area contributed by atoms with E-state index in [0.717, 1.165) is 26.3 Å². The Morgan fingerprint density at radius 3 is 2.41 bits per heavy atom. The zero-order valence-electron chi connectivity index (χ0n) is 16.1. The van der Waals surface area contributed by atoms with Crippen molar-refractivity contribution in [1.82, 2.24) is 9.91 Å². The molecule has 2 fully saturated rings. The van der Waals surface area contributed by atoms with Crippen LogP contribution in [-0.2, 0) is 4.74 Å². The molecule has 5 rings (SSSR count). The van der Waals surface area contributed by atoms with Crippen molar-refractivity contribution in [2.75, 3.05) is 31.3 Å². The van der Waals surface area contributed by atoms with Crippen molar-refractivity contribution in [3.8, 4) is 0 Å². The Hall–Kier alpha value is -2.30. The van der Waals surface area contributed by atoms with Crippen molar-refractivity contribution < 1.29 is 4.74 Å². The van der Waals surface area contributed by atoms with Gasteiger partial charge >= 0.3 is 0 Å². The molecule has 2 atom stereocenters. The number of morpholine rings is 1. The van der Waals surface area contributed by atoms with Gasteiger partial charge in [-0.3, -0.25) is 14.9 Å². The molecule has 2 aromatic rings. The van der Waals surface area contributed by atoms with Crippen molar-refractivity contribution in [2.24, 2.45) is 5.41 Å². The highest BCUT2D eigenvalue weighted by atomic mass is 16.5. The van der Waals surface area contributed by atoms with Crippen molar-refractivity contribution in [3.05, 3.63) is 71.9 Å². The third kappa shape index (κ3) is 2.59. The summed E-state index contributed by atoms with van der Waals surface area (Å²) in [7, 11) is 0. The highest BCUT2D eigenvalue weighted by Gasteiger charge is 2.56. The van der Waals surface area contributed by atoms with Gasteiger partial charge in [0, 0.05) is 24.7 Å². The molecular formula is C23H27N3O. The van der Waals surface area contributed by atoms with E-state index in [-0.39, 0.29) is 11.6 Å². The van der Waals surface area contributed by atoms with E-state index in [2.05, 4.69) is 95.6 Å². The van der Waals surface area contributed by atoms with Gasteiger partial charge in [-0.1, -0.05) is 56.3 Å². The second kappa shape index (κ2) is 6.39. The van der Waals surface area contributed by atoms with Crippen LogP contribution in [0.25, 0.3) is 6.08 Å². The summed E-state index contributed by atoms with van der Waals surface area (Å²) in [5, 5.41) is 4.96. The lowest BCUT2D eigenvalue weighted by atomic mass is 9.76. The largest absolute Gasteiger partial charge is 0.379 e. The van der Waals surface area contributed by atoms with Gasteiger partial charge in [0.1, 0.15) is 6.17 Å². The molecule has 3 aliphatic heterocycles. The van der Waals surface area contributed by atoms with E-state index >= 15 is 0 Å². The van der Waals surface area contributed by atoms with Crippen LogP contribution in [0.2, 0.25) is 0 Å². The molecule has 2 aromatic carbocycles. The van der Waals surface area contributed by atoms with Crippen LogP contribution in [0.4, 0.5) is 5.69 Å². The zero-order chi connectivity index (χ0) is 18.4. The number of hydrogen-bond acceptors (Lipinski definition) is 4. The lowest BCUT2D eigenvalue weighted by Crippen LogP contribution is -2.56. The van der Waals surface area contributed by atoms with Crippen LogP contribution in [0.15, 0.2) is 60.8 Å². The van der Waals surface area contributed by atoms with E-state index in [1.807, 2.05) is 0 Å². The Morgan fingerprint density at radius 2 is 1.63 bits per heavy atom. The number of benzene rings is 2. The van der Waals surface area contributed by atoms with Crippen LogP contribution in [0.3, 0.4) is 0 Å². The first-order valence-electron chi connectivity index (χ1n) is 9.89. The van der Waals surface area contributed by atoms with E-state index in [0.29, 0.717) is 6.04 Å². The number of nitrogens with zero attached hydrogens (tertiary/aromatic N) is 3. The molecule has 0 aliphatic carbocycles. The molecule has 0 unspecified atom stereocenters. The second-order valence-electron chi connectivity index (χ2n) is 8.25. The molecule has 0 radical (unpaired) electrons. The van der Waals surface area contributed by atoms with Gasteiger partial charge in [0.25, 0.3) is 0 Å². The van der Waals surface area contributed by atoms with Gasteiger partial charge in [-0.05, 0) is 29.3 Å². The Labute approximate surface area is 161 Å². The summed E-state index contributed by atoms with van der Waals surface area (Å²) in [6.45, 7) is 8.42. The Balaban J connectivity index is 1.66. The van der Waals surface area contributed by atoms with Crippen LogP contribution in [0.5, 0.6) is 0 Å². The predicted molar refractivity (Wildman–Crippen MR) is 109 cm³/mol. The first-order chi connectivity index (χ1) is 13.2. The second-order valence-corrected chi connectivity index (χ2v) is 8.25. The quantitative estimate of drug-likeness (QED) is 0.800. The predicted octanol–water partition coefficient (Wildman–Crippen LogP) is 4.13. The molecule has 0 saturated carbocycles. The molecule has 3 heterocycles. The van der Waals surface area contributed by atoms with Crippen LogP contribution in [0, 0.1) is 5.41 Å². The SMILES string of the molecule is CC1(C)[C@@H]2c3ccccc3C=CN2N(c2ccccc2)[C@@H]1N1CCOCC1. The fraction of sp³-hybridized carbons (Fsp3) is 0.391. The summed E-state index contributed by atoms with van der Waals surface area (Å²) in [6.07, 6.45) is 4.80.